The van der Waals surface area contributed by atoms with E-state index in [0.29, 0.717) is 23.2 Å². The van der Waals surface area contributed by atoms with Gasteiger partial charge in [0.2, 0.25) is 0 Å². The van der Waals surface area contributed by atoms with Crippen molar-refractivity contribution in [3.8, 4) is 5.82 Å². The lowest BCUT2D eigenvalue weighted by molar-refractivity contribution is -0.117. The first-order valence-electron chi connectivity index (χ1n) is 9.42. The molecule has 0 unspecified atom stereocenters. The number of aromatic nitrogens is 5. The van der Waals surface area contributed by atoms with Crippen molar-refractivity contribution in [3.05, 3.63) is 76.8 Å². The Bertz CT molecular complexity index is 1170. The topological polar surface area (TPSA) is 73.6 Å². The second-order valence-corrected chi connectivity index (χ2v) is 7.64. The number of Topliss-reactive ketones (excluding diaryl/α,β-unsaturated/α-hetero) is 1. The molecule has 4 aromatic rings. The zero-order valence-electron chi connectivity index (χ0n) is 16.2. The van der Waals surface area contributed by atoms with Crippen LogP contribution in [0.5, 0.6) is 0 Å². The first-order valence-corrected chi connectivity index (χ1v) is 9.80. The second kappa shape index (κ2) is 8.09. The molecule has 0 aliphatic carbocycles. The third-order valence-electron chi connectivity index (χ3n) is 4.75. The van der Waals surface area contributed by atoms with E-state index in [1.807, 2.05) is 24.4 Å². The molecule has 0 spiro atoms. The molecule has 0 aliphatic heterocycles. The highest BCUT2D eigenvalue weighted by Gasteiger charge is 2.16. The van der Waals surface area contributed by atoms with Gasteiger partial charge in [0.05, 0.1) is 22.9 Å². The molecule has 0 amide bonds. The fourth-order valence-corrected chi connectivity index (χ4v) is 3.83. The third kappa shape index (κ3) is 4.03. The minimum Gasteiger partial charge on any atom is -0.299 e. The van der Waals surface area contributed by atoms with Crippen molar-refractivity contribution in [3.63, 3.8) is 0 Å². The first kappa shape index (κ1) is 19.2. The number of carbonyl (C=O) groups excluding carboxylic acids is 1. The molecule has 7 heteroatoms. The number of carbonyl (C=O) groups is 1. The second-order valence-electron chi connectivity index (χ2n) is 7.23. The lowest BCUT2D eigenvalue weighted by Crippen LogP contribution is -2.11. The fourth-order valence-electron chi connectivity index (χ4n) is 3.57. The predicted octanol–water partition coefficient (Wildman–Crippen LogP) is 4.34. The molecule has 4 rings (SSSR count). The summed E-state index contributed by atoms with van der Waals surface area (Å²) >= 11 is 6.31. The van der Waals surface area contributed by atoms with E-state index in [-0.39, 0.29) is 12.2 Å². The molecule has 6 nitrogen and oxygen atoms in total. The summed E-state index contributed by atoms with van der Waals surface area (Å²) in [5.41, 5.74) is 3.86. The van der Waals surface area contributed by atoms with Crippen LogP contribution in [-0.4, -0.2) is 30.7 Å². The Morgan fingerprint density at radius 1 is 1.07 bits per heavy atom. The number of benzene rings is 1. The van der Waals surface area contributed by atoms with Gasteiger partial charge < -0.3 is 0 Å². The first-order chi connectivity index (χ1) is 14.0. The standard InChI is InChI=1S/C22H20ClN5O/c1-14(2)21-16(13-24-20-6-4-3-5-18(20)21)11-17(29)9-15-10-19(23)22(25-12-15)28-26-7-8-27-28/h3-8,10,12-14H,9,11H2,1-2H3. The van der Waals surface area contributed by atoms with Crippen molar-refractivity contribution < 1.29 is 4.79 Å². The van der Waals surface area contributed by atoms with Crippen molar-refractivity contribution in [1.82, 2.24) is 25.0 Å². The van der Waals surface area contributed by atoms with Gasteiger partial charge in [0.25, 0.3) is 0 Å². The molecule has 0 bridgehead atoms. The van der Waals surface area contributed by atoms with E-state index in [1.165, 1.54) is 10.4 Å². The number of halogens is 1. The molecule has 0 radical (unpaired) electrons. The van der Waals surface area contributed by atoms with Crippen molar-refractivity contribution in [2.75, 3.05) is 0 Å². The minimum atomic E-state index is 0.0896. The molecule has 3 heterocycles. The lowest BCUT2D eigenvalue weighted by Gasteiger charge is -2.15. The molecular weight excluding hydrogens is 386 g/mol. The van der Waals surface area contributed by atoms with E-state index in [4.69, 9.17) is 11.6 Å². The van der Waals surface area contributed by atoms with E-state index in [9.17, 15) is 4.79 Å². The number of pyridine rings is 2. The predicted molar refractivity (Wildman–Crippen MR) is 112 cm³/mol. The zero-order valence-corrected chi connectivity index (χ0v) is 17.0. The van der Waals surface area contributed by atoms with E-state index in [0.717, 1.165) is 22.0 Å². The maximum Gasteiger partial charge on any atom is 0.193 e. The smallest absolute Gasteiger partial charge is 0.193 e. The Kier molecular flexibility index (Phi) is 5.36. The van der Waals surface area contributed by atoms with Crippen molar-refractivity contribution >= 4 is 28.3 Å². The number of ketones is 1. The Hall–Kier alpha value is -3.12. The van der Waals surface area contributed by atoms with E-state index >= 15 is 0 Å². The van der Waals surface area contributed by atoms with Crippen LogP contribution in [0.3, 0.4) is 0 Å². The Labute approximate surface area is 173 Å². The highest BCUT2D eigenvalue weighted by molar-refractivity contribution is 6.32. The monoisotopic (exact) mass is 405 g/mol. The van der Waals surface area contributed by atoms with E-state index < -0.39 is 0 Å². The summed E-state index contributed by atoms with van der Waals surface area (Å²) < 4.78 is 0. The van der Waals surface area contributed by atoms with Gasteiger partial charge >= 0.3 is 0 Å². The molecule has 0 fully saturated rings. The Morgan fingerprint density at radius 3 is 2.55 bits per heavy atom. The van der Waals surface area contributed by atoms with Crippen LogP contribution in [0.15, 0.2) is 55.1 Å². The molecular formula is C22H20ClN5O. The largest absolute Gasteiger partial charge is 0.299 e. The number of para-hydroxylation sites is 1. The van der Waals surface area contributed by atoms with Gasteiger partial charge in [-0.05, 0) is 34.7 Å². The van der Waals surface area contributed by atoms with E-state index in [2.05, 4.69) is 40.1 Å². The van der Waals surface area contributed by atoms with Crippen LogP contribution in [0.4, 0.5) is 0 Å². The highest BCUT2D eigenvalue weighted by atomic mass is 35.5. The number of fused-ring (bicyclic) bond motifs is 1. The quantitative estimate of drug-likeness (QED) is 0.477. The normalized spacial score (nSPS) is 11.3. The summed E-state index contributed by atoms with van der Waals surface area (Å²) in [5.74, 6) is 0.822. The molecule has 0 aliphatic rings. The van der Waals surface area contributed by atoms with Gasteiger partial charge in [-0.25, -0.2) is 4.98 Å². The Morgan fingerprint density at radius 2 is 1.83 bits per heavy atom. The van der Waals surface area contributed by atoms with Crippen LogP contribution in [0, 0.1) is 0 Å². The van der Waals surface area contributed by atoms with Crippen LogP contribution in [0.25, 0.3) is 16.7 Å². The van der Waals surface area contributed by atoms with Gasteiger partial charge in [0.1, 0.15) is 5.78 Å². The van der Waals surface area contributed by atoms with Gasteiger partial charge in [-0.3, -0.25) is 9.78 Å². The number of nitrogens with zero attached hydrogens (tertiary/aromatic N) is 5. The van der Waals surface area contributed by atoms with Crippen molar-refractivity contribution in [2.45, 2.75) is 32.6 Å². The molecule has 1 aromatic carbocycles. The number of hydrogen-bond donors (Lipinski definition) is 0. The van der Waals surface area contributed by atoms with Crippen LogP contribution < -0.4 is 0 Å². The summed E-state index contributed by atoms with van der Waals surface area (Å²) in [6.07, 6.45) is 7.16. The SMILES string of the molecule is CC(C)c1c(CC(=O)Cc2cnc(-n3nccn3)c(Cl)c2)cnc2ccccc12. The average molecular weight is 406 g/mol. The molecule has 29 heavy (non-hydrogen) atoms. The average Bonchev–Trinajstić information content (AvgIpc) is 3.22. The van der Waals surface area contributed by atoms with Gasteiger partial charge in [0, 0.05) is 30.6 Å². The van der Waals surface area contributed by atoms with Crippen LogP contribution in [0.2, 0.25) is 5.02 Å². The summed E-state index contributed by atoms with van der Waals surface area (Å²) in [4.78, 5) is 23.0. The fraction of sp³-hybridized carbons (Fsp3) is 0.227. The third-order valence-corrected chi connectivity index (χ3v) is 5.03. The van der Waals surface area contributed by atoms with Gasteiger partial charge in [-0.1, -0.05) is 43.6 Å². The number of rotatable bonds is 6. The van der Waals surface area contributed by atoms with Crippen molar-refractivity contribution in [1.29, 1.82) is 0 Å². The maximum atomic E-state index is 12.8. The lowest BCUT2D eigenvalue weighted by atomic mass is 9.91. The zero-order chi connectivity index (χ0) is 20.4. The minimum absolute atomic E-state index is 0.0896. The summed E-state index contributed by atoms with van der Waals surface area (Å²) in [7, 11) is 0. The van der Waals surface area contributed by atoms with E-state index in [1.54, 1.807) is 24.7 Å². The highest BCUT2D eigenvalue weighted by Crippen LogP contribution is 2.28. The molecule has 3 aromatic heterocycles. The molecule has 146 valence electrons. The molecule has 0 saturated heterocycles. The maximum absolute atomic E-state index is 12.8. The Balaban J connectivity index is 1.56. The molecule has 0 N–H and O–H groups in total. The van der Waals surface area contributed by atoms with Gasteiger partial charge in [0.15, 0.2) is 5.82 Å². The summed E-state index contributed by atoms with van der Waals surface area (Å²) in [6.45, 7) is 4.28. The van der Waals surface area contributed by atoms with Crippen LogP contribution in [-0.2, 0) is 17.6 Å². The van der Waals surface area contributed by atoms with Crippen molar-refractivity contribution in [2.24, 2.45) is 0 Å². The van der Waals surface area contributed by atoms with Crippen LogP contribution in [0.1, 0.15) is 36.5 Å². The van der Waals surface area contributed by atoms with Crippen LogP contribution >= 0.6 is 11.6 Å². The summed E-state index contributed by atoms with van der Waals surface area (Å²) in [6, 6.07) is 9.79. The van der Waals surface area contributed by atoms with Gasteiger partial charge in [-0.15, -0.1) is 4.80 Å². The summed E-state index contributed by atoms with van der Waals surface area (Å²) in [5, 5.41) is 9.57. The number of hydrogen-bond acceptors (Lipinski definition) is 5. The molecule has 0 saturated carbocycles. The molecule has 0 atom stereocenters. The van der Waals surface area contributed by atoms with Gasteiger partial charge in [-0.2, -0.15) is 10.2 Å².